The molecule has 20 heavy (non-hydrogen) atoms. The van der Waals surface area contributed by atoms with Gasteiger partial charge in [0.25, 0.3) is 0 Å². The smallest absolute Gasteiger partial charge is 0.230 e. The van der Waals surface area contributed by atoms with E-state index in [4.69, 9.17) is 0 Å². The predicted molar refractivity (Wildman–Crippen MR) is 71.7 cm³/mol. The molecule has 2 rings (SSSR count). The summed E-state index contributed by atoms with van der Waals surface area (Å²) in [6.45, 7) is -0.169. The monoisotopic (exact) mass is 277 g/mol. The highest BCUT2D eigenvalue weighted by atomic mass is 16.2. The zero-order valence-corrected chi connectivity index (χ0v) is 11.5. The maximum Gasteiger partial charge on any atom is 0.230 e. The highest BCUT2D eigenvalue weighted by molar-refractivity contribution is 6.05. The number of ketones is 2. The van der Waals surface area contributed by atoms with Gasteiger partial charge in [-0.25, -0.2) is 0 Å². The van der Waals surface area contributed by atoms with Crippen molar-refractivity contribution in [1.82, 2.24) is 4.90 Å². The van der Waals surface area contributed by atoms with Crippen molar-refractivity contribution in [2.24, 2.45) is 5.92 Å². The Morgan fingerprint density at radius 3 is 2.40 bits per heavy atom. The number of carbonyl (C=O) groups excluding carboxylic acids is 4. The molecule has 1 aliphatic carbocycles. The van der Waals surface area contributed by atoms with Gasteiger partial charge in [0.1, 0.15) is 5.78 Å². The number of hydrogen-bond donors (Lipinski definition) is 0. The van der Waals surface area contributed by atoms with E-state index in [0.29, 0.717) is 12.8 Å². The van der Waals surface area contributed by atoms with Gasteiger partial charge in [-0.15, -0.1) is 0 Å². The highest BCUT2D eigenvalue weighted by Crippen LogP contribution is 2.20. The summed E-state index contributed by atoms with van der Waals surface area (Å²) < 4.78 is 0. The van der Waals surface area contributed by atoms with E-state index in [1.165, 1.54) is 0 Å². The second kappa shape index (κ2) is 6.59. The summed E-state index contributed by atoms with van der Waals surface area (Å²) >= 11 is 0. The van der Waals surface area contributed by atoms with Crippen molar-refractivity contribution in [3.8, 4) is 0 Å². The molecule has 1 unspecified atom stereocenters. The van der Waals surface area contributed by atoms with Crippen molar-refractivity contribution in [3.05, 3.63) is 12.2 Å². The van der Waals surface area contributed by atoms with Crippen LogP contribution in [0, 0.1) is 5.92 Å². The van der Waals surface area contributed by atoms with E-state index in [1.807, 2.05) is 12.2 Å². The maximum absolute atomic E-state index is 12.0. The molecule has 1 fully saturated rings. The molecule has 0 radical (unpaired) electrons. The van der Waals surface area contributed by atoms with Crippen molar-refractivity contribution in [2.45, 2.75) is 44.9 Å². The SMILES string of the molecule is O=C(CC1CC/C=C/CCC1=O)CN1C(=O)CCC1=O. The summed E-state index contributed by atoms with van der Waals surface area (Å²) in [5.41, 5.74) is 0. The Kier molecular flexibility index (Phi) is 4.82. The summed E-state index contributed by atoms with van der Waals surface area (Å²) in [5.74, 6) is -0.913. The second-order valence-electron chi connectivity index (χ2n) is 5.37. The molecule has 108 valence electrons. The van der Waals surface area contributed by atoms with Crippen LogP contribution in [0.3, 0.4) is 0 Å². The number of imide groups is 1. The minimum Gasteiger partial charge on any atom is -0.299 e. The van der Waals surface area contributed by atoms with E-state index in [1.54, 1.807) is 0 Å². The number of likely N-dealkylation sites (tertiary alicyclic amines) is 1. The first-order valence-corrected chi connectivity index (χ1v) is 7.10. The minimum absolute atomic E-state index is 0.113. The molecule has 0 aromatic heterocycles. The zero-order chi connectivity index (χ0) is 14.5. The first kappa shape index (κ1) is 14.6. The maximum atomic E-state index is 12.0. The number of amides is 2. The average molecular weight is 277 g/mol. The number of rotatable bonds is 4. The summed E-state index contributed by atoms with van der Waals surface area (Å²) in [4.78, 5) is 47.9. The van der Waals surface area contributed by atoms with Gasteiger partial charge in [0.2, 0.25) is 11.8 Å². The molecule has 0 spiro atoms. The fourth-order valence-electron chi connectivity index (χ4n) is 2.65. The lowest BCUT2D eigenvalue weighted by atomic mass is 9.88. The third-order valence-electron chi connectivity index (χ3n) is 3.82. The van der Waals surface area contributed by atoms with Crippen LogP contribution in [0.15, 0.2) is 12.2 Å². The molecule has 1 heterocycles. The Morgan fingerprint density at radius 2 is 1.70 bits per heavy atom. The summed E-state index contributed by atoms with van der Waals surface area (Å²) in [6, 6.07) is 0. The van der Waals surface area contributed by atoms with Crippen molar-refractivity contribution in [2.75, 3.05) is 6.54 Å². The molecule has 0 bridgehead atoms. The number of nitrogens with zero attached hydrogens (tertiary/aromatic N) is 1. The number of Topliss-reactive ketones (excluding diaryl/α,β-unsaturated/α-hetero) is 2. The summed E-state index contributed by atoms with van der Waals surface area (Å²) in [6.07, 6.45) is 7.23. The second-order valence-corrected chi connectivity index (χ2v) is 5.37. The third-order valence-corrected chi connectivity index (χ3v) is 3.82. The van der Waals surface area contributed by atoms with Crippen molar-refractivity contribution >= 4 is 23.4 Å². The van der Waals surface area contributed by atoms with Crippen LogP contribution >= 0.6 is 0 Å². The predicted octanol–water partition coefficient (Wildman–Crippen LogP) is 1.41. The van der Waals surface area contributed by atoms with Crippen molar-refractivity contribution < 1.29 is 19.2 Å². The standard InChI is InChI=1S/C15H19NO4/c17-12(10-16-14(19)7-8-15(16)20)9-11-5-3-1-2-4-6-13(11)18/h1-2,11H,3-10H2/b2-1+. The molecule has 2 amide bonds. The van der Waals surface area contributed by atoms with Crippen LogP contribution in [-0.4, -0.2) is 34.8 Å². The molecular weight excluding hydrogens is 258 g/mol. The van der Waals surface area contributed by atoms with Gasteiger partial charge in [0.15, 0.2) is 5.78 Å². The fourth-order valence-corrected chi connectivity index (χ4v) is 2.65. The Balaban J connectivity index is 1.89. The molecule has 0 aromatic carbocycles. The molecule has 1 atom stereocenters. The van der Waals surface area contributed by atoms with Crippen LogP contribution in [0.1, 0.15) is 44.9 Å². The summed E-state index contributed by atoms with van der Waals surface area (Å²) in [5, 5.41) is 0. The summed E-state index contributed by atoms with van der Waals surface area (Å²) in [7, 11) is 0. The van der Waals surface area contributed by atoms with Gasteiger partial charge in [0.05, 0.1) is 6.54 Å². The molecular formula is C15H19NO4. The molecule has 0 aromatic rings. The van der Waals surface area contributed by atoms with Crippen LogP contribution in [-0.2, 0) is 19.2 Å². The normalized spacial score (nSPS) is 25.5. The van der Waals surface area contributed by atoms with Gasteiger partial charge in [-0.3, -0.25) is 24.1 Å². The van der Waals surface area contributed by atoms with Crippen LogP contribution in [0.2, 0.25) is 0 Å². The number of hydrogen-bond acceptors (Lipinski definition) is 4. The first-order chi connectivity index (χ1) is 9.58. The lowest BCUT2D eigenvalue weighted by Gasteiger charge is -2.18. The molecule has 1 aliphatic heterocycles. The van der Waals surface area contributed by atoms with E-state index in [-0.39, 0.29) is 55.1 Å². The minimum atomic E-state index is -0.282. The van der Waals surface area contributed by atoms with E-state index >= 15 is 0 Å². The van der Waals surface area contributed by atoms with E-state index in [2.05, 4.69) is 0 Å². The van der Waals surface area contributed by atoms with Gasteiger partial charge < -0.3 is 0 Å². The van der Waals surface area contributed by atoms with Crippen LogP contribution in [0.25, 0.3) is 0 Å². The lowest BCUT2D eigenvalue weighted by molar-refractivity contribution is -0.142. The van der Waals surface area contributed by atoms with Crippen LogP contribution in [0.5, 0.6) is 0 Å². The highest BCUT2D eigenvalue weighted by Gasteiger charge is 2.31. The Labute approximate surface area is 118 Å². The zero-order valence-electron chi connectivity index (χ0n) is 11.5. The van der Waals surface area contributed by atoms with E-state index in [0.717, 1.165) is 17.7 Å². The lowest BCUT2D eigenvalue weighted by Crippen LogP contribution is -2.35. The molecule has 0 saturated carbocycles. The van der Waals surface area contributed by atoms with E-state index in [9.17, 15) is 19.2 Å². The Hall–Kier alpha value is -1.78. The first-order valence-electron chi connectivity index (χ1n) is 7.10. The fraction of sp³-hybridized carbons (Fsp3) is 0.600. The average Bonchev–Trinajstić information content (AvgIpc) is 2.70. The quantitative estimate of drug-likeness (QED) is 0.575. The number of carbonyl (C=O) groups is 4. The van der Waals surface area contributed by atoms with Gasteiger partial charge >= 0.3 is 0 Å². The third kappa shape index (κ3) is 3.62. The van der Waals surface area contributed by atoms with Gasteiger partial charge in [-0.1, -0.05) is 12.2 Å². The van der Waals surface area contributed by atoms with E-state index < -0.39 is 0 Å². The van der Waals surface area contributed by atoms with Gasteiger partial charge in [0, 0.05) is 31.6 Å². The molecule has 0 N–H and O–H groups in total. The van der Waals surface area contributed by atoms with Crippen molar-refractivity contribution in [1.29, 1.82) is 0 Å². The van der Waals surface area contributed by atoms with Gasteiger partial charge in [-0.05, 0) is 19.3 Å². The molecule has 5 nitrogen and oxygen atoms in total. The Morgan fingerprint density at radius 1 is 1.05 bits per heavy atom. The van der Waals surface area contributed by atoms with Crippen molar-refractivity contribution in [3.63, 3.8) is 0 Å². The van der Waals surface area contributed by atoms with Crippen LogP contribution in [0.4, 0.5) is 0 Å². The largest absolute Gasteiger partial charge is 0.299 e. The van der Waals surface area contributed by atoms with Crippen LogP contribution < -0.4 is 0 Å². The topological polar surface area (TPSA) is 71.5 Å². The Bertz CT molecular complexity index is 450. The number of allylic oxidation sites excluding steroid dienone is 2. The molecule has 1 saturated heterocycles. The molecule has 5 heteroatoms. The molecule has 2 aliphatic rings. The van der Waals surface area contributed by atoms with Gasteiger partial charge in [-0.2, -0.15) is 0 Å².